The van der Waals surface area contributed by atoms with Gasteiger partial charge in [-0.25, -0.2) is 0 Å². The van der Waals surface area contributed by atoms with E-state index in [1.807, 2.05) is 30.3 Å². The topological polar surface area (TPSA) is 113 Å². The van der Waals surface area contributed by atoms with E-state index in [0.717, 1.165) is 5.56 Å². The van der Waals surface area contributed by atoms with Crippen LogP contribution in [0.3, 0.4) is 0 Å². The molecule has 1 amide bonds. The summed E-state index contributed by atoms with van der Waals surface area (Å²) >= 11 is 0. The largest absolute Gasteiger partial charge is 0.481 e. The zero-order chi connectivity index (χ0) is 21.0. The van der Waals surface area contributed by atoms with Crippen molar-refractivity contribution in [1.82, 2.24) is 4.90 Å². The number of anilines is 1. The predicted molar refractivity (Wildman–Crippen MR) is 108 cm³/mol. The van der Waals surface area contributed by atoms with Crippen LogP contribution in [0.4, 0.5) is 11.4 Å². The average molecular weight is 397 g/mol. The minimum absolute atomic E-state index is 0.0863. The molecular formula is C21H23N3O5. The van der Waals surface area contributed by atoms with Crippen LogP contribution in [0.1, 0.15) is 35.7 Å². The lowest BCUT2D eigenvalue weighted by molar-refractivity contribution is -0.384. The number of nitro benzene ring substituents is 1. The first-order valence-electron chi connectivity index (χ1n) is 9.39. The standard InChI is InChI=1S/C21H23N3O5/c1-21(20(26)27)10-5-11-23(14-21)19(25)16-8-9-17(18(12-16)24(28)29)22-13-15-6-3-2-4-7-15/h2-4,6-9,12,22H,5,10-11,13-14H2,1H3,(H,26,27). The van der Waals surface area contributed by atoms with Crippen LogP contribution in [0.5, 0.6) is 0 Å². The summed E-state index contributed by atoms with van der Waals surface area (Å²) < 4.78 is 0. The molecule has 3 rings (SSSR count). The average Bonchev–Trinajstić information content (AvgIpc) is 2.72. The SMILES string of the molecule is CC1(C(=O)O)CCCN(C(=O)c2ccc(NCc3ccccc3)c([N+](=O)[O-])c2)C1. The number of nitrogens with one attached hydrogen (secondary N) is 1. The van der Waals surface area contributed by atoms with Crippen molar-refractivity contribution in [3.05, 3.63) is 69.8 Å². The molecule has 2 aromatic rings. The highest BCUT2D eigenvalue weighted by molar-refractivity contribution is 5.96. The highest BCUT2D eigenvalue weighted by Crippen LogP contribution is 2.32. The van der Waals surface area contributed by atoms with Gasteiger partial charge in [-0.3, -0.25) is 19.7 Å². The molecule has 1 heterocycles. The second-order valence-corrected chi connectivity index (χ2v) is 7.52. The van der Waals surface area contributed by atoms with Gasteiger partial charge in [0.1, 0.15) is 5.69 Å². The number of carbonyl (C=O) groups excluding carboxylic acids is 1. The van der Waals surface area contributed by atoms with E-state index < -0.39 is 22.2 Å². The number of nitro groups is 1. The van der Waals surface area contributed by atoms with Gasteiger partial charge in [0, 0.05) is 31.3 Å². The number of rotatable bonds is 6. The zero-order valence-electron chi connectivity index (χ0n) is 16.1. The van der Waals surface area contributed by atoms with E-state index in [4.69, 9.17) is 0 Å². The van der Waals surface area contributed by atoms with Crippen molar-refractivity contribution in [3.63, 3.8) is 0 Å². The lowest BCUT2D eigenvalue weighted by atomic mass is 9.82. The summed E-state index contributed by atoms with van der Waals surface area (Å²) in [6.07, 6.45) is 1.07. The molecule has 1 saturated heterocycles. The molecule has 1 aliphatic heterocycles. The zero-order valence-corrected chi connectivity index (χ0v) is 16.1. The Kier molecular flexibility index (Phi) is 5.81. The van der Waals surface area contributed by atoms with E-state index >= 15 is 0 Å². The number of carbonyl (C=O) groups is 2. The Morgan fingerprint density at radius 2 is 1.97 bits per heavy atom. The molecule has 0 bridgehead atoms. The van der Waals surface area contributed by atoms with Crippen LogP contribution in [-0.2, 0) is 11.3 Å². The first kappa shape index (κ1) is 20.3. The molecule has 2 aromatic carbocycles. The molecule has 0 spiro atoms. The number of benzene rings is 2. The Labute approximate surface area is 168 Å². The van der Waals surface area contributed by atoms with Gasteiger partial charge in [-0.1, -0.05) is 30.3 Å². The van der Waals surface area contributed by atoms with Gasteiger partial charge in [-0.05, 0) is 37.5 Å². The van der Waals surface area contributed by atoms with E-state index in [0.29, 0.717) is 31.6 Å². The van der Waals surface area contributed by atoms with E-state index in [9.17, 15) is 24.8 Å². The maximum absolute atomic E-state index is 12.9. The fourth-order valence-corrected chi connectivity index (χ4v) is 3.53. The van der Waals surface area contributed by atoms with Gasteiger partial charge in [-0.15, -0.1) is 0 Å². The van der Waals surface area contributed by atoms with E-state index in [2.05, 4.69) is 5.32 Å². The number of amides is 1. The Bertz CT molecular complexity index is 931. The normalized spacial score (nSPS) is 18.9. The molecular weight excluding hydrogens is 374 g/mol. The Hall–Kier alpha value is -3.42. The van der Waals surface area contributed by atoms with Crippen molar-refractivity contribution in [1.29, 1.82) is 0 Å². The van der Waals surface area contributed by atoms with Gasteiger partial charge in [0.15, 0.2) is 0 Å². The molecule has 1 aliphatic rings. The minimum atomic E-state index is -1.00. The summed E-state index contributed by atoms with van der Waals surface area (Å²) in [5, 5.41) is 24.0. The lowest BCUT2D eigenvalue weighted by Crippen LogP contribution is -2.48. The van der Waals surface area contributed by atoms with E-state index in [1.54, 1.807) is 6.92 Å². The van der Waals surface area contributed by atoms with E-state index in [1.165, 1.54) is 23.1 Å². The summed E-state index contributed by atoms with van der Waals surface area (Å²) in [5.74, 6) is -1.34. The van der Waals surface area contributed by atoms with Crippen LogP contribution in [0.15, 0.2) is 48.5 Å². The van der Waals surface area contributed by atoms with Crippen LogP contribution >= 0.6 is 0 Å². The molecule has 8 nitrogen and oxygen atoms in total. The van der Waals surface area contributed by atoms with Gasteiger partial charge < -0.3 is 15.3 Å². The quantitative estimate of drug-likeness (QED) is 0.569. The van der Waals surface area contributed by atoms with Crippen molar-refractivity contribution in [2.45, 2.75) is 26.3 Å². The summed E-state index contributed by atoms with van der Waals surface area (Å²) in [4.78, 5) is 36.9. The number of hydrogen-bond donors (Lipinski definition) is 2. The lowest BCUT2D eigenvalue weighted by Gasteiger charge is -2.37. The van der Waals surface area contributed by atoms with Crippen LogP contribution in [-0.4, -0.2) is 39.9 Å². The number of carboxylic acid groups (broad SMARTS) is 1. The third-order valence-electron chi connectivity index (χ3n) is 5.27. The number of hydrogen-bond acceptors (Lipinski definition) is 5. The number of piperidine rings is 1. The Balaban J connectivity index is 1.79. The minimum Gasteiger partial charge on any atom is -0.481 e. The van der Waals surface area contributed by atoms with Gasteiger partial charge in [0.05, 0.1) is 10.3 Å². The van der Waals surface area contributed by atoms with Crippen LogP contribution < -0.4 is 5.32 Å². The van der Waals surface area contributed by atoms with Crippen molar-refractivity contribution >= 4 is 23.3 Å². The smallest absolute Gasteiger partial charge is 0.311 e. The first-order valence-corrected chi connectivity index (χ1v) is 9.39. The first-order chi connectivity index (χ1) is 13.8. The molecule has 0 saturated carbocycles. The molecule has 29 heavy (non-hydrogen) atoms. The highest BCUT2D eigenvalue weighted by Gasteiger charge is 2.39. The Morgan fingerprint density at radius 3 is 2.62 bits per heavy atom. The Morgan fingerprint density at radius 1 is 1.24 bits per heavy atom. The maximum Gasteiger partial charge on any atom is 0.311 e. The fourth-order valence-electron chi connectivity index (χ4n) is 3.53. The molecule has 1 fully saturated rings. The summed E-state index contributed by atoms with van der Waals surface area (Å²) in [6, 6.07) is 13.8. The second kappa shape index (κ2) is 8.30. The van der Waals surface area contributed by atoms with Crippen LogP contribution in [0, 0.1) is 15.5 Å². The third-order valence-corrected chi connectivity index (χ3v) is 5.27. The molecule has 8 heteroatoms. The molecule has 0 radical (unpaired) electrons. The maximum atomic E-state index is 12.9. The van der Waals surface area contributed by atoms with Gasteiger partial charge in [0.2, 0.25) is 0 Å². The molecule has 2 N–H and O–H groups in total. The van der Waals surface area contributed by atoms with Crippen molar-refractivity contribution < 1.29 is 19.6 Å². The number of carboxylic acids is 1. The van der Waals surface area contributed by atoms with Gasteiger partial charge in [0.25, 0.3) is 11.6 Å². The second-order valence-electron chi connectivity index (χ2n) is 7.52. The van der Waals surface area contributed by atoms with Crippen molar-refractivity contribution in [2.75, 3.05) is 18.4 Å². The molecule has 1 atom stereocenters. The molecule has 1 unspecified atom stereocenters. The van der Waals surface area contributed by atoms with Crippen LogP contribution in [0.25, 0.3) is 0 Å². The van der Waals surface area contributed by atoms with E-state index in [-0.39, 0.29) is 17.8 Å². The van der Waals surface area contributed by atoms with Gasteiger partial charge in [-0.2, -0.15) is 0 Å². The summed E-state index contributed by atoms with van der Waals surface area (Å²) in [7, 11) is 0. The summed E-state index contributed by atoms with van der Waals surface area (Å²) in [6.45, 7) is 2.55. The molecule has 152 valence electrons. The van der Waals surface area contributed by atoms with Crippen LogP contribution in [0.2, 0.25) is 0 Å². The molecule has 0 aliphatic carbocycles. The van der Waals surface area contributed by atoms with Crippen molar-refractivity contribution in [3.8, 4) is 0 Å². The van der Waals surface area contributed by atoms with Gasteiger partial charge >= 0.3 is 5.97 Å². The third kappa shape index (κ3) is 4.53. The fraction of sp³-hybridized carbons (Fsp3) is 0.333. The predicted octanol–water partition coefficient (Wildman–Crippen LogP) is 3.53. The monoisotopic (exact) mass is 397 g/mol. The van der Waals surface area contributed by atoms with Crippen molar-refractivity contribution in [2.24, 2.45) is 5.41 Å². The molecule has 0 aromatic heterocycles. The summed E-state index contributed by atoms with van der Waals surface area (Å²) in [5.41, 5.74) is 0.283. The highest BCUT2D eigenvalue weighted by atomic mass is 16.6. The number of nitrogens with zero attached hydrogens (tertiary/aromatic N) is 2. The number of aliphatic carboxylic acids is 1. The number of likely N-dealkylation sites (tertiary alicyclic amines) is 1.